The Morgan fingerprint density at radius 3 is 2.28 bits per heavy atom. The smallest absolute Gasteiger partial charge is 0.285 e. The van der Waals surface area contributed by atoms with Crippen molar-refractivity contribution in [2.45, 2.75) is 18.4 Å². The molecular weight excluding hydrogens is 360 g/mol. The second-order valence-corrected chi connectivity index (χ2v) is 7.82. The van der Waals surface area contributed by atoms with Gasteiger partial charge >= 0.3 is 0 Å². The van der Waals surface area contributed by atoms with Crippen LogP contribution in [-0.4, -0.2) is 27.2 Å². The lowest BCUT2D eigenvalue weighted by molar-refractivity contribution is 0.414. The van der Waals surface area contributed by atoms with E-state index in [9.17, 15) is 8.42 Å². The van der Waals surface area contributed by atoms with Gasteiger partial charge in [-0.15, -0.1) is 4.40 Å². The van der Waals surface area contributed by atoms with Gasteiger partial charge in [0, 0.05) is 6.54 Å². The van der Waals surface area contributed by atoms with E-state index >= 15 is 0 Å². The Morgan fingerprint density at radius 1 is 1.04 bits per heavy atom. The van der Waals surface area contributed by atoms with E-state index in [-0.39, 0.29) is 4.90 Å². The quantitative estimate of drug-likeness (QED) is 0.684. The Morgan fingerprint density at radius 2 is 1.68 bits per heavy atom. The number of nitrogens with zero attached hydrogens (tertiary/aromatic N) is 2. The molecule has 3 rings (SSSR count). The average molecular weight is 378 g/mol. The van der Waals surface area contributed by atoms with Crippen LogP contribution in [0.2, 0.25) is 0 Å². The Labute approximate surface area is 150 Å². The molecule has 3 aromatic rings. The van der Waals surface area contributed by atoms with Gasteiger partial charge in [0.25, 0.3) is 10.0 Å². The minimum atomic E-state index is -3.81. The molecule has 0 aliphatic carbocycles. The first-order valence-electron chi connectivity index (χ1n) is 7.61. The van der Waals surface area contributed by atoms with Gasteiger partial charge < -0.3 is 14.0 Å². The third-order valence-electron chi connectivity index (χ3n) is 3.76. The predicted molar refractivity (Wildman–Crippen MR) is 97.8 cm³/mol. The van der Waals surface area contributed by atoms with Gasteiger partial charge in [-0.05, 0) is 49.4 Å². The summed E-state index contributed by atoms with van der Waals surface area (Å²) in [5, 5.41) is 0. The molecule has 1 heterocycles. The highest BCUT2D eigenvalue weighted by molar-refractivity contribution is 7.90. The van der Waals surface area contributed by atoms with Crippen LogP contribution >= 0.6 is 11.3 Å². The summed E-state index contributed by atoms with van der Waals surface area (Å²) < 4.78 is 42.4. The van der Waals surface area contributed by atoms with E-state index in [0.717, 1.165) is 16.0 Å². The topological polar surface area (TPSA) is 69.9 Å². The lowest BCUT2D eigenvalue weighted by Crippen LogP contribution is -2.16. The van der Waals surface area contributed by atoms with Gasteiger partial charge in [-0.2, -0.15) is 8.42 Å². The third kappa shape index (κ3) is 3.40. The van der Waals surface area contributed by atoms with E-state index in [1.165, 1.54) is 30.6 Å². The normalized spacial score (nSPS) is 12.5. The van der Waals surface area contributed by atoms with E-state index < -0.39 is 10.0 Å². The number of methoxy groups -OCH3 is 2. The van der Waals surface area contributed by atoms with Gasteiger partial charge in [0.2, 0.25) is 4.80 Å². The monoisotopic (exact) mass is 378 g/mol. The zero-order valence-corrected chi connectivity index (χ0v) is 15.7. The largest absolute Gasteiger partial charge is 0.497 e. The number of hydrogen-bond donors (Lipinski definition) is 0. The number of thiazole rings is 1. The zero-order valence-electron chi connectivity index (χ0n) is 14.1. The summed E-state index contributed by atoms with van der Waals surface area (Å²) >= 11 is 1.32. The first kappa shape index (κ1) is 17.5. The van der Waals surface area contributed by atoms with Crippen LogP contribution in [0.25, 0.3) is 10.2 Å². The fraction of sp³-hybridized carbons (Fsp3) is 0.235. The van der Waals surface area contributed by atoms with Crippen LogP contribution in [0, 0.1) is 0 Å². The van der Waals surface area contributed by atoms with E-state index in [1.807, 2.05) is 29.7 Å². The fourth-order valence-corrected chi connectivity index (χ4v) is 4.78. The lowest BCUT2D eigenvalue weighted by Gasteiger charge is -2.03. The van der Waals surface area contributed by atoms with Crippen LogP contribution in [0.1, 0.15) is 6.92 Å². The van der Waals surface area contributed by atoms with Crippen molar-refractivity contribution in [2.75, 3.05) is 14.2 Å². The van der Waals surface area contributed by atoms with Crippen LogP contribution in [0.4, 0.5) is 0 Å². The number of aryl methyl sites for hydroxylation is 1. The van der Waals surface area contributed by atoms with Crippen molar-refractivity contribution in [2.24, 2.45) is 4.40 Å². The van der Waals surface area contributed by atoms with Gasteiger partial charge in [-0.1, -0.05) is 11.3 Å². The number of rotatable bonds is 5. The molecule has 6 nitrogen and oxygen atoms in total. The summed E-state index contributed by atoms with van der Waals surface area (Å²) in [7, 11) is -0.676. The summed E-state index contributed by atoms with van der Waals surface area (Å²) in [4.78, 5) is 0.563. The maximum absolute atomic E-state index is 12.6. The van der Waals surface area contributed by atoms with Crippen molar-refractivity contribution in [1.29, 1.82) is 0 Å². The van der Waals surface area contributed by atoms with Crippen molar-refractivity contribution in [3.63, 3.8) is 0 Å². The average Bonchev–Trinajstić information content (AvgIpc) is 2.96. The Balaban J connectivity index is 2.15. The minimum absolute atomic E-state index is 0.131. The van der Waals surface area contributed by atoms with Crippen LogP contribution in [0.3, 0.4) is 0 Å². The van der Waals surface area contributed by atoms with Gasteiger partial charge in [0.1, 0.15) is 11.5 Å². The number of sulfonamides is 1. The molecule has 132 valence electrons. The molecule has 0 N–H and O–H groups in total. The molecular formula is C17H18N2O4S2. The highest BCUT2D eigenvalue weighted by Crippen LogP contribution is 2.24. The molecule has 1 aromatic heterocycles. The van der Waals surface area contributed by atoms with Gasteiger partial charge in [-0.25, -0.2) is 0 Å². The molecule has 0 unspecified atom stereocenters. The summed E-state index contributed by atoms with van der Waals surface area (Å²) in [6.45, 7) is 2.57. The predicted octanol–water partition coefficient (Wildman–Crippen LogP) is 3.03. The Kier molecular flexibility index (Phi) is 4.82. The molecule has 0 aliphatic heterocycles. The van der Waals surface area contributed by atoms with Crippen LogP contribution < -0.4 is 14.3 Å². The van der Waals surface area contributed by atoms with Crippen molar-refractivity contribution in [3.8, 4) is 11.5 Å². The standard InChI is InChI=1S/C17H18N2O4S2/c1-4-19-15-10-7-13(23-3)11-16(15)24-17(19)18-25(20,21)14-8-5-12(22-2)6-9-14/h5-11H,4H2,1-3H3/b18-17-. The molecule has 2 aromatic carbocycles. The van der Waals surface area contributed by atoms with Gasteiger partial charge in [0.15, 0.2) is 0 Å². The molecule has 8 heteroatoms. The Hall–Kier alpha value is -2.32. The third-order valence-corrected chi connectivity index (χ3v) is 6.20. The second-order valence-electron chi connectivity index (χ2n) is 5.20. The molecule has 0 bridgehead atoms. The first-order chi connectivity index (χ1) is 12.0. The van der Waals surface area contributed by atoms with Gasteiger partial charge in [-0.3, -0.25) is 0 Å². The van der Waals surface area contributed by atoms with Crippen molar-refractivity contribution in [1.82, 2.24) is 4.57 Å². The SMILES string of the molecule is CCn1/c(=N/S(=O)(=O)c2ccc(OC)cc2)sc2cc(OC)ccc21. The second kappa shape index (κ2) is 6.89. The highest BCUT2D eigenvalue weighted by Gasteiger charge is 2.15. The molecule has 0 saturated carbocycles. The van der Waals surface area contributed by atoms with Crippen LogP contribution in [0.15, 0.2) is 51.8 Å². The molecule has 25 heavy (non-hydrogen) atoms. The zero-order chi connectivity index (χ0) is 18.0. The molecule has 0 radical (unpaired) electrons. The van der Waals surface area contributed by atoms with E-state index in [2.05, 4.69) is 4.40 Å². The summed E-state index contributed by atoms with van der Waals surface area (Å²) in [6.07, 6.45) is 0. The van der Waals surface area contributed by atoms with E-state index in [4.69, 9.17) is 9.47 Å². The first-order valence-corrected chi connectivity index (χ1v) is 9.86. The van der Waals surface area contributed by atoms with Crippen LogP contribution in [-0.2, 0) is 16.6 Å². The number of fused-ring (bicyclic) bond motifs is 1. The molecule has 0 fully saturated rings. The van der Waals surface area contributed by atoms with Crippen molar-refractivity contribution in [3.05, 3.63) is 47.3 Å². The molecule has 0 atom stereocenters. The van der Waals surface area contributed by atoms with E-state index in [1.54, 1.807) is 19.2 Å². The van der Waals surface area contributed by atoms with Crippen LogP contribution in [0.5, 0.6) is 11.5 Å². The van der Waals surface area contributed by atoms with Gasteiger partial charge in [0.05, 0.1) is 29.3 Å². The highest BCUT2D eigenvalue weighted by atomic mass is 32.2. The maximum Gasteiger partial charge on any atom is 0.285 e. The fourth-order valence-electron chi connectivity index (χ4n) is 2.46. The molecule has 0 amide bonds. The molecule has 0 saturated heterocycles. The lowest BCUT2D eigenvalue weighted by atomic mass is 10.3. The molecule has 0 aliphatic rings. The summed E-state index contributed by atoms with van der Waals surface area (Å²) in [5.41, 5.74) is 0.928. The maximum atomic E-state index is 12.6. The van der Waals surface area contributed by atoms with Crippen molar-refractivity contribution < 1.29 is 17.9 Å². The Bertz CT molecular complexity index is 1060. The van der Waals surface area contributed by atoms with E-state index in [0.29, 0.717) is 17.1 Å². The number of ether oxygens (including phenoxy) is 2. The summed E-state index contributed by atoms with van der Waals surface area (Å²) in [6, 6.07) is 11.8. The van der Waals surface area contributed by atoms with Crippen molar-refractivity contribution >= 4 is 31.6 Å². The summed E-state index contributed by atoms with van der Waals surface area (Å²) in [5.74, 6) is 1.32. The number of benzene rings is 2. The number of aromatic nitrogens is 1. The number of hydrogen-bond acceptors (Lipinski definition) is 5. The minimum Gasteiger partial charge on any atom is -0.497 e. The molecule has 0 spiro atoms.